The van der Waals surface area contributed by atoms with Crippen molar-refractivity contribution >= 4 is 11.0 Å². The number of piperidine rings is 1. The largest absolute Gasteiger partial charge is 0.464 e. The van der Waals surface area contributed by atoms with Crippen molar-refractivity contribution < 1.29 is 4.42 Å². The van der Waals surface area contributed by atoms with E-state index >= 15 is 0 Å². The third kappa shape index (κ3) is 2.52. The van der Waals surface area contributed by atoms with Crippen molar-refractivity contribution in [2.75, 3.05) is 13.1 Å². The Balaban J connectivity index is 0.000000514. The molecule has 1 aliphatic rings. The normalized spacial score (nSPS) is 16.6. The quantitative estimate of drug-likeness (QED) is 0.804. The number of nitrogens with one attached hydrogen (secondary N) is 1. The Kier molecular flexibility index (Phi) is 4.21. The van der Waals surface area contributed by atoms with Crippen molar-refractivity contribution in [3.63, 3.8) is 0 Å². The second-order valence-electron chi connectivity index (χ2n) is 4.21. The lowest BCUT2D eigenvalue weighted by atomic mass is 9.90. The van der Waals surface area contributed by atoms with Crippen molar-refractivity contribution in [2.24, 2.45) is 0 Å². The van der Waals surface area contributed by atoms with Crippen molar-refractivity contribution in [1.29, 1.82) is 0 Å². The lowest BCUT2D eigenvalue weighted by molar-refractivity contribution is 0.457. The molecule has 1 N–H and O–H groups in total. The van der Waals surface area contributed by atoms with E-state index in [2.05, 4.69) is 17.4 Å². The fraction of sp³-hybridized carbons (Fsp3) is 0.467. The van der Waals surface area contributed by atoms with E-state index in [9.17, 15) is 0 Å². The predicted molar refractivity (Wildman–Crippen MR) is 72.4 cm³/mol. The zero-order valence-electron chi connectivity index (χ0n) is 10.7. The molecule has 1 aromatic carbocycles. The van der Waals surface area contributed by atoms with Gasteiger partial charge in [0.15, 0.2) is 0 Å². The van der Waals surface area contributed by atoms with Crippen LogP contribution in [0.5, 0.6) is 0 Å². The summed E-state index contributed by atoms with van der Waals surface area (Å²) in [4.78, 5) is 0. The van der Waals surface area contributed by atoms with Crippen LogP contribution in [-0.4, -0.2) is 13.1 Å². The minimum absolute atomic E-state index is 0.676. The Hall–Kier alpha value is -1.28. The fourth-order valence-electron chi connectivity index (χ4n) is 2.45. The summed E-state index contributed by atoms with van der Waals surface area (Å²) < 4.78 is 5.58. The van der Waals surface area contributed by atoms with Gasteiger partial charge in [-0.3, -0.25) is 0 Å². The first-order valence-corrected chi connectivity index (χ1v) is 6.62. The average molecular weight is 231 g/mol. The zero-order chi connectivity index (χ0) is 12.1. The SMILES string of the molecule is CC.c1ccc2c(C3CCNCC3)coc2c1. The summed E-state index contributed by atoms with van der Waals surface area (Å²) in [5.41, 5.74) is 2.41. The van der Waals surface area contributed by atoms with E-state index in [0.717, 1.165) is 18.7 Å². The molecule has 0 saturated carbocycles. The summed E-state index contributed by atoms with van der Waals surface area (Å²) in [5.74, 6) is 0.676. The molecule has 1 fully saturated rings. The second kappa shape index (κ2) is 5.87. The van der Waals surface area contributed by atoms with E-state index in [1.807, 2.05) is 32.2 Å². The zero-order valence-corrected chi connectivity index (χ0v) is 10.7. The maximum atomic E-state index is 5.58. The molecule has 0 atom stereocenters. The molecule has 1 saturated heterocycles. The molecule has 0 spiro atoms. The summed E-state index contributed by atoms with van der Waals surface area (Å²) in [7, 11) is 0. The number of benzene rings is 1. The Bertz CT molecular complexity index is 455. The molecule has 1 aliphatic heterocycles. The summed E-state index contributed by atoms with van der Waals surface area (Å²) in [6, 6.07) is 8.32. The summed E-state index contributed by atoms with van der Waals surface area (Å²) in [6.07, 6.45) is 4.40. The molecular weight excluding hydrogens is 210 g/mol. The number of para-hydroxylation sites is 1. The molecule has 2 heteroatoms. The van der Waals surface area contributed by atoms with Gasteiger partial charge < -0.3 is 9.73 Å². The highest BCUT2D eigenvalue weighted by molar-refractivity contribution is 5.81. The van der Waals surface area contributed by atoms with Crippen LogP contribution in [0.3, 0.4) is 0 Å². The van der Waals surface area contributed by atoms with Gasteiger partial charge in [0.25, 0.3) is 0 Å². The van der Waals surface area contributed by atoms with Gasteiger partial charge in [0.2, 0.25) is 0 Å². The Labute approximate surface area is 103 Å². The van der Waals surface area contributed by atoms with Crippen molar-refractivity contribution in [2.45, 2.75) is 32.6 Å². The van der Waals surface area contributed by atoms with Crippen molar-refractivity contribution in [3.8, 4) is 0 Å². The highest BCUT2D eigenvalue weighted by Gasteiger charge is 2.18. The molecule has 2 nitrogen and oxygen atoms in total. The molecular formula is C15H21NO. The van der Waals surface area contributed by atoms with Gasteiger partial charge in [0, 0.05) is 10.9 Å². The summed E-state index contributed by atoms with van der Waals surface area (Å²) in [5, 5.41) is 4.69. The maximum absolute atomic E-state index is 5.58. The third-order valence-electron chi connectivity index (χ3n) is 3.29. The molecule has 17 heavy (non-hydrogen) atoms. The minimum Gasteiger partial charge on any atom is -0.464 e. The standard InChI is InChI=1S/C13H15NO.C2H6/c1-2-4-13-11(3-1)12(9-15-13)10-5-7-14-8-6-10;1-2/h1-4,9-10,14H,5-8H2;1-2H3. The van der Waals surface area contributed by atoms with Gasteiger partial charge in [-0.1, -0.05) is 32.0 Å². The first kappa shape index (κ1) is 12.2. The Morgan fingerprint density at radius 1 is 1.12 bits per heavy atom. The van der Waals surface area contributed by atoms with E-state index in [-0.39, 0.29) is 0 Å². The molecule has 0 unspecified atom stereocenters. The number of furan rings is 1. The highest BCUT2D eigenvalue weighted by atomic mass is 16.3. The average Bonchev–Trinajstić information content (AvgIpc) is 2.86. The van der Waals surface area contributed by atoms with E-state index < -0.39 is 0 Å². The minimum atomic E-state index is 0.676. The van der Waals surface area contributed by atoms with Crippen LogP contribution in [0.1, 0.15) is 38.2 Å². The van der Waals surface area contributed by atoms with Gasteiger partial charge >= 0.3 is 0 Å². The molecule has 0 amide bonds. The van der Waals surface area contributed by atoms with Gasteiger partial charge in [-0.25, -0.2) is 0 Å². The topological polar surface area (TPSA) is 25.2 Å². The van der Waals surface area contributed by atoms with Crippen LogP contribution in [0.25, 0.3) is 11.0 Å². The molecule has 0 radical (unpaired) electrons. The smallest absolute Gasteiger partial charge is 0.134 e. The number of hydrogen-bond acceptors (Lipinski definition) is 2. The molecule has 2 aromatic rings. The third-order valence-corrected chi connectivity index (χ3v) is 3.29. The van der Waals surface area contributed by atoms with Crippen LogP contribution in [0.4, 0.5) is 0 Å². The Morgan fingerprint density at radius 2 is 1.82 bits per heavy atom. The van der Waals surface area contributed by atoms with Gasteiger partial charge in [-0.2, -0.15) is 0 Å². The second-order valence-corrected chi connectivity index (χ2v) is 4.21. The van der Waals surface area contributed by atoms with Crippen LogP contribution in [0.15, 0.2) is 34.9 Å². The number of hydrogen-bond donors (Lipinski definition) is 1. The van der Waals surface area contributed by atoms with Crippen LogP contribution in [0, 0.1) is 0 Å². The lowest BCUT2D eigenvalue weighted by Crippen LogP contribution is -2.26. The van der Waals surface area contributed by atoms with Gasteiger partial charge in [0.05, 0.1) is 6.26 Å². The first-order valence-electron chi connectivity index (χ1n) is 6.62. The fourth-order valence-corrected chi connectivity index (χ4v) is 2.45. The highest BCUT2D eigenvalue weighted by Crippen LogP contribution is 2.32. The number of rotatable bonds is 1. The molecule has 3 rings (SSSR count). The van der Waals surface area contributed by atoms with E-state index in [0.29, 0.717) is 5.92 Å². The monoisotopic (exact) mass is 231 g/mol. The van der Waals surface area contributed by atoms with Crippen molar-refractivity contribution in [3.05, 3.63) is 36.1 Å². The van der Waals surface area contributed by atoms with Crippen LogP contribution >= 0.6 is 0 Å². The summed E-state index contributed by atoms with van der Waals surface area (Å²) >= 11 is 0. The summed E-state index contributed by atoms with van der Waals surface area (Å²) in [6.45, 7) is 6.26. The number of fused-ring (bicyclic) bond motifs is 1. The van der Waals surface area contributed by atoms with E-state index in [4.69, 9.17) is 4.42 Å². The molecule has 1 aromatic heterocycles. The van der Waals surface area contributed by atoms with Gasteiger partial charge in [-0.15, -0.1) is 0 Å². The lowest BCUT2D eigenvalue weighted by Gasteiger charge is -2.21. The van der Waals surface area contributed by atoms with Crippen LogP contribution in [-0.2, 0) is 0 Å². The van der Waals surface area contributed by atoms with E-state index in [1.165, 1.54) is 23.8 Å². The van der Waals surface area contributed by atoms with E-state index in [1.54, 1.807) is 0 Å². The van der Waals surface area contributed by atoms with Gasteiger partial charge in [0.1, 0.15) is 5.58 Å². The van der Waals surface area contributed by atoms with Crippen molar-refractivity contribution in [1.82, 2.24) is 5.32 Å². The van der Waals surface area contributed by atoms with Crippen LogP contribution in [0.2, 0.25) is 0 Å². The molecule has 2 heterocycles. The maximum Gasteiger partial charge on any atom is 0.134 e. The Morgan fingerprint density at radius 3 is 2.59 bits per heavy atom. The molecule has 0 aliphatic carbocycles. The van der Waals surface area contributed by atoms with Gasteiger partial charge in [-0.05, 0) is 37.9 Å². The molecule has 0 bridgehead atoms. The first-order chi connectivity index (χ1) is 8.45. The predicted octanol–water partition coefficient (Wildman–Crippen LogP) is 3.93. The molecule has 92 valence electrons. The van der Waals surface area contributed by atoms with Crippen LogP contribution < -0.4 is 5.32 Å².